The van der Waals surface area contributed by atoms with Gasteiger partial charge in [0.2, 0.25) is 0 Å². The van der Waals surface area contributed by atoms with Crippen molar-refractivity contribution in [2.75, 3.05) is 13.1 Å². The van der Waals surface area contributed by atoms with Crippen LogP contribution in [0.15, 0.2) is 12.2 Å². The predicted octanol–water partition coefficient (Wildman–Crippen LogP) is 2.00. The monoisotopic (exact) mass is 357 g/mol. The van der Waals surface area contributed by atoms with E-state index < -0.39 is 6.10 Å². The Balaban J connectivity index is 1.62. The highest BCUT2D eigenvalue weighted by atomic mass is 16.3. The Morgan fingerprint density at radius 3 is 2.81 bits per heavy atom. The number of ketones is 1. The van der Waals surface area contributed by atoms with Gasteiger partial charge in [-0.2, -0.15) is 0 Å². The second-order valence-electron chi connectivity index (χ2n) is 10.7. The zero-order valence-electron chi connectivity index (χ0n) is 15.9. The summed E-state index contributed by atoms with van der Waals surface area (Å²) in [6.45, 7) is 10.9. The van der Waals surface area contributed by atoms with Gasteiger partial charge in [-0.05, 0) is 61.0 Å². The van der Waals surface area contributed by atoms with E-state index >= 15 is 0 Å². The van der Waals surface area contributed by atoms with E-state index in [2.05, 4.69) is 25.3 Å². The maximum Gasteiger partial charge on any atom is 0.140 e. The molecule has 7 bridgehead atoms. The van der Waals surface area contributed by atoms with Gasteiger partial charge in [-0.1, -0.05) is 20.4 Å². The zero-order valence-corrected chi connectivity index (χ0v) is 15.9. The highest BCUT2D eigenvalue weighted by Gasteiger charge is 2.85. The molecule has 1 saturated heterocycles. The van der Waals surface area contributed by atoms with Gasteiger partial charge in [0.05, 0.1) is 12.2 Å². The molecule has 6 aliphatic rings. The lowest BCUT2D eigenvalue weighted by Gasteiger charge is -2.65. The molecule has 0 amide bonds. The number of Topliss-reactive ketones (excluding diaryl/α,β-unsaturated/α-hetero) is 1. The Labute approximate surface area is 155 Å². The molecule has 142 valence electrons. The van der Waals surface area contributed by atoms with Crippen LogP contribution in [-0.2, 0) is 4.79 Å². The fourth-order valence-electron chi connectivity index (χ4n) is 9.75. The number of carbonyl (C=O) groups excluding carboxylic acids is 1. The quantitative estimate of drug-likeness (QED) is 0.705. The van der Waals surface area contributed by atoms with E-state index in [4.69, 9.17) is 0 Å². The van der Waals surface area contributed by atoms with Gasteiger partial charge >= 0.3 is 0 Å². The first-order valence-electron chi connectivity index (χ1n) is 10.6. The number of piperidine rings is 1. The summed E-state index contributed by atoms with van der Waals surface area (Å²) in [5.74, 6) is 1.16. The lowest BCUT2D eigenvalue weighted by atomic mass is 9.43. The molecule has 1 aliphatic heterocycles. The molecule has 2 N–H and O–H groups in total. The number of nitrogens with zero attached hydrogens (tertiary/aromatic N) is 1. The first-order valence-corrected chi connectivity index (χ1v) is 10.6. The van der Waals surface area contributed by atoms with E-state index in [0.717, 1.165) is 44.3 Å². The van der Waals surface area contributed by atoms with Gasteiger partial charge in [-0.3, -0.25) is 9.69 Å². The van der Waals surface area contributed by atoms with Crippen LogP contribution in [-0.4, -0.2) is 52.2 Å². The third kappa shape index (κ3) is 1.33. The van der Waals surface area contributed by atoms with Crippen molar-refractivity contribution < 1.29 is 15.0 Å². The molecule has 10 atom stereocenters. The van der Waals surface area contributed by atoms with Crippen molar-refractivity contribution in [3.8, 4) is 0 Å². The van der Waals surface area contributed by atoms with Gasteiger partial charge in [-0.15, -0.1) is 0 Å². The molecule has 2 spiro atoms. The fourth-order valence-corrected chi connectivity index (χ4v) is 9.75. The topological polar surface area (TPSA) is 60.8 Å². The van der Waals surface area contributed by atoms with E-state index in [0.29, 0.717) is 24.3 Å². The molecule has 4 heteroatoms. The van der Waals surface area contributed by atoms with Crippen LogP contribution in [0.25, 0.3) is 0 Å². The van der Waals surface area contributed by atoms with Gasteiger partial charge < -0.3 is 10.2 Å². The van der Waals surface area contributed by atoms with Gasteiger partial charge in [0.1, 0.15) is 5.78 Å². The van der Waals surface area contributed by atoms with E-state index in [-0.39, 0.29) is 40.0 Å². The van der Waals surface area contributed by atoms with Crippen LogP contribution in [0.3, 0.4) is 0 Å². The molecule has 0 aromatic carbocycles. The normalized spacial score (nSPS) is 62.7. The predicted molar refractivity (Wildman–Crippen MR) is 97.2 cm³/mol. The Kier molecular flexibility index (Phi) is 2.80. The largest absolute Gasteiger partial charge is 0.392 e. The summed E-state index contributed by atoms with van der Waals surface area (Å²) in [6.07, 6.45) is 3.50. The van der Waals surface area contributed by atoms with E-state index in [1.807, 2.05) is 0 Å². The average molecular weight is 357 g/mol. The van der Waals surface area contributed by atoms with Gasteiger partial charge in [0.25, 0.3) is 0 Å². The van der Waals surface area contributed by atoms with Crippen LogP contribution in [0.1, 0.15) is 46.0 Å². The smallest absolute Gasteiger partial charge is 0.140 e. The maximum atomic E-state index is 13.0. The molecule has 4 nitrogen and oxygen atoms in total. The van der Waals surface area contributed by atoms with Crippen molar-refractivity contribution >= 4 is 5.78 Å². The Morgan fingerprint density at radius 1 is 1.31 bits per heavy atom. The molecular weight excluding hydrogens is 326 g/mol. The number of rotatable bonds is 1. The van der Waals surface area contributed by atoms with Crippen LogP contribution in [0.5, 0.6) is 0 Å². The highest BCUT2D eigenvalue weighted by Crippen LogP contribution is 2.83. The number of aliphatic hydroxyl groups is 2. The second kappa shape index (κ2) is 4.47. The average Bonchev–Trinajstić information content (AvgIpc) is 3.14. The fraction of sp³-hybridized carbons (Fsp3) is 0.864. The van der Waals surface area contributed by atoms with Crippen LogP contribution in [0, 0.1) is 39.9 Å². The van der Waals surface area contributed by atoms with Crippen molar-refractivity contribution in [2.45, 2.75) is 64.2 Å². The summed E-state index contributed by atoms with van der Waals surface area (Å²) in [5, 5.41) is 22.8. The summed E-state index contributed by atoms with van der Waals surface area (Å²) in [6, 6.07) is 0.331. The molecule has 6 rings (SSSR count). The number of carbonyl (C=O) groups is 1. The van der Waals surface area contributed by atoms with Crippen LogP contribution in [0.2, 0.25) is 0 Å². The Morgan fingerprint density at radius 2 is 2.08 bits per heavy atom. The summed E-state index contributed by atoms with van der Waals surface area (Å²) in [7, 11) is 0. The lowest BCUT2D eigenvalue weighted by Crippen LogP contribution is -2.68. The molecule has 0 aromatic rings. The van der Waals surface area contributed by atoms with E-state index in [9.17, 15) is 15.0 Å². The molecular formula is C22H31NO3. The number of aliphatic hydroxyl groups excluding tert-OH is 2. The maximum absolute atomic E-state index is 13.0. The SMILES string of the molecule is C=C1[C@H]2CC3([C@@H]1O)[C@@H](CC2=O)[C@]12C4[C@@H]3C[C@@H]1[C@@](C)(CC[C@@H]2O)CN4CC. The highest BCUT2D eigenvalue weighted by molar-refractivity contribution is 5.87. The van der Waals surface area contributed by atoms with E-state index in [1.165, 1.54) is 0 Å². The Hall–Kier alpha value is -0.710. The number of hydrogen-bond acceptors (Lipinski definition) is 4. The number of fused-ring (bicyclic) bond motifs is 1. The lowest BCUT2D eigenvalue weighted by molar-refractivity contribution is -0.211. The summed E-state index contributed by atoms with van der Waals surface area (Å²) in [5.41, 5.74) is 0.598. The first-order chi connectivity index (χ1) is 12.3. The zero-order chi connectivity index (χ0) is 18.2. The number of likely N-dealkylation sites (tertiary alicyclic amines) is 1. The van der Waals surface area contributed by atoms with Gasteiger partial charge in [-0.25, -0.2) is 0 Å². The standard InChI is InChI=1S/C22H31NO3/c1-4-23-10-20(3)6-5-17(25)22-15(20)7-13(18(22)23)21-9-12(11(2)19(21)26)14(24)8-16(21)22/h12-13,15-19,25-26H,2,4-10H2,1,3H3/t12-,13+,15-,16-,17+,18?,19-,20+,21?,22-/m1/s1. The minimum absolute atomic E-state index is 0.130. The third-order valence-corrected chi connectivity index (χ3v) is 10.4. The molecule has 0 radical (unpaired) electrons. The van der Waals surface area contributed by atoms with Crippen molar-refractivity contribution in [2.24, 2.45) is 39.9 Å². The van der Waals surface area contributed by atoms with Crippen molar-refractivity contribution in [3.63, 3.8) is 0 Å². The van der Waals surface area contributed by atoms with Gasteiger partial charge in [0.15, 0.2) is 0 Å². The summed E-state index contributed by atoms with van der Waals surface area (Å²) in [4.78, 5) is 15.6. The van der Waals surface area contributed by atoms with Crippen molar-refractivity contribution in [1.29, 1.82) is 0 Å². The minimum atomic E-state index is -0.561. The van der Waals surface area contributed by atoms with E-state index in [1.54, 1.807) is 0 Å². The molecule has 1 heterocycles. The molecule has 0 aromatic heterocycles. The van der Waals surface area contributed by atoms with Gasteiger partial charge in [0, 0.05) is 35.8 Å². The first kappa shape index (κ1) is 16.3. The summed E-state index contributed by atoms with van der Waals surface area (Å²) >= 11 is 0. The molecule has 2 unspecified atom stereocenters. The second-order valence-corrected chi connectivity index (χ2v) is 10.7. The number of hydrogen-bond donors (Lipinski definition) is 2. The molecule has 26 heavy (non-hydrogen) atoms. The van der Waals surface area contributed by atoms with Crippen molar-refractivity contribution in [1.82, 2.24) is 4.90 Å². The van der Waals surface area contributed by atoms with Crippen molar-refractivity contribution in [3.05, 3.63) is 12.2 Å². The summed E-state index contributed by atoms with van der Waals surface area (Å²) < 4.78 is 0. The van der Waals surface area contributed by atoms with Crippen LogP contribution >= 0.6 is 0 Å². The van der Waals surface area contributed by atoms with Crippen LogP contribution < -0.4 is 0 Å². The molecule has 5 saturated carbocycles. The third-order valence-electron chi connectivity index (χ3n) is 10.4. The minimum Gasteiger partial charge on any atom is -0.392 e. The molecule has 5 aliphatic carbocycles. The van der Waals surface area contributed by atoms with Crippen LogP contribution in [0.4, 0.5) is 0 Å². The Bertz CT molecular complexity index is 735. The molecule has 6 fully saturated rings.